The number of nitrogens with zero attached hydrogens (tertiary/aromatic N) is 2. The predicted molar refractivity (Wildman–Crippen MR) is 170 cm³/mol. The van der Waals surface area contributed by atoms with Crippen molar-refractivity contribution in [3.05, 3.63) is 82.9 Å². The molecule has 0 N–H and O–H groups in total. The normalized spacial score (nSPS) is 12.6. The Morgan fingerprint density at radius 3 is 1.18 bits per heavy atom. The molecular weight excluding hydrogens is 492 g/mol. The highest BCUT2D eigenvalue weighted by atomic mass is 16.5. The molecular formula is C36H42N2O2. The van der Waals surface area contributed by atoms with Gasteiger partial charge < -0.3 is 19.3 Å². The predicted octanol–water partition coefficient (Wildman–Crippen LogP) is 9.68. The number of fused-ring (bicyclic) bond motifs is 2. The van der Waals surface area contributed by atoms with Gasteiger partial charge in [0.05, 0.1) is 37.0 Å². The summed E-state index contributed by atoms with van der Waals surface area (Å²) in [6, 6.07) is 23.2. The number of anilines is 4. The summed E-state index contributed by atoms with van der Waals surface area (Å²) >= 11 is 0. The Bertz CT molecular complexity index is 1470. The molecule has 1 heterocycles. The SMILES string of the molecule is COc1cc(C)c(-c2ccc3c(c2)N(C(C)C)c2ccc(-c4cc(C)c(OC)cc4C)cc2N3C(C)C)cc1C. The van der Waals surface area contributed by atoms with Gasteiger partial charge in [-0.3, -0.25) is 0 Å². The van der Waals surface area contributed by atoms with E-state index in [1.54, 1.807) is 14.2 Å². The van der Waals surface area contributed by atoms with Crippen molar-refractivity contribution in [3.8, 4) is 33.8 Å². The van der Waals surface area contributed by atoms with Crippen molar-refractivity contribution >= 4 is 22.7 Å². The lowest BCUT2D eigenvalue weighted by Crippen LogP contribution is -2.36. The molecule has 4 nitrogen and oxygen atoms in total. The lowest BCUT2D eigenvalue weighted by molar-refractivity contribution is 0.411. The van der Waals surface area contributed by atoms with E-state index >= 15 is 0 Å². The van der Waals surface area contributed by atoms with Crippen molar-refractivity contribution in [1.29, 1.82) is 0 Å². The number of rotatable bonds is 6. The van der Waals surface area contributed by atoms with Crippen LogP contribution in [0, 0.1) is 27.7 Å². The van der Waals surface area contributed by atoms with E-state index in [0.717, 1.165) is 22.6 Å². The van der Waals surface area contributed by atoms with Gasteiger partial charge in [-0.15, -0.1) is 0 Å². The van der Waals surface area contributed by atoms with Crippen LogP contribution in [0.5, 0.6) is 11.5 Å². The second-order valence-corrected chi connectivity index (χ2v) is 11.6. The molecule has 0 fully saturated rings. The lowest BCUT2D eigenvalue weighted by Gasteiger charge is -2.44. The zero-order chi connectivity index (χ0) is 28.9. The molecule has 4 aromatic carbocycles. The third-order valence-corrected chi connectivity index (χ3v) is 8.13. The molecule has 0 unspecified atom stereocenters. The zero-order valence-corrected chi connectivity index (χ0v) is 25.6. The average molecular weight is 535 g/mol. The van der Waals surface area contributed by atoms with E-state index in [9.17, 15) is 0 Å². The molecule has 0 bridgehead atoms. The van der Waals surface area contributed by atoms with Gasteiger partial charge in [0.2, 0.25) is 0 Å². The number of benzene rings is 4. The minimum absolute atomic E-state index is 0.288. The van der Waals surface area contributed by atoms with Crippen LogP contribution in [0.2, 0.25) is 0 Å². The van der Waals surface area contributed by atoms with Gasteiger partial charge in [-0.05, 0) is 148 Å². The first-order valence-electron chi connectivity index (χ1n) is 14.2. The van der Waals surface area contributed by atoms with Crippen molar-refractivity contribution < 1.29 is 9.47 Å². The maximum absolute atomic E-state index is 5.58. The standard InChI is InChI=1S/C36H42N2O2/c1-21(2)37-31-13-11-28(30-16-26(8)36(40-10)18-24(30)6)20-34(31)38(22(3)4)32-14-12-27(19-33(32)37)29-15-25(7)35(39-9)17-23(29)5/h11-22H,1-10H3. The Hall–Kier alpha value is -3.92. The fraction of sp³-hybridized carbons (Fsp3) is 0.333. The molecule has 1 aliphatic heterocycles. The van der Waals surface area contributed by atoms with Crippen LogP contribution in [-0.2, 0) is 0 Å². The van der Waals surface area contributed by atoms with Gasteiger partial charge in [0, 0.05) is 12.1 Å². The number of methoxy groups -OCH3 is 2. The summed E-state index contributed by atoms with van der Waals surface area (Å²) < 4.78 is 11.2. The van der Waals surface area contributed by atoms with Crippen LogP contribution in [0.25, 0.3) is 22.3 Å². The second kappa shape index (κ2) is 10.6. The maximum Gasteiger partial charge on any atom is 0.122 e. The summed E-state index contributed by atoms with van der Waals surface area (Å²) in [5, 5.41) is 0. The van der Waals surface area contributed by atoms with Crippen molar-refractivity contribution in [2.75, 3.05) is 24.0 Å². The van der Waals surface area contributed by atoms with Gasteiger partial charge in [0.25, 0.3) is 0 Å². The van der Waals surface area contributed by atoms with Crippen LogP contribution >= 0.6 is 0 Å². The van der Waals surface area contributed by atoms with Crippen LogP contribution in [-0.4, -0.2) is 26.3 Å². The monoisotopic (exact) mass is 534 g/mol. The van der Waals surface area contributed by atoms with E-state index in [0.29, 0.717) is 0 Å². The first-order chi connectivity index (χ1) is 19.0. The van der Waals surface area contributed by atoms with Gasteiger partial charge in [0.1, 0.15) is 11.5 Å². The summed E-state index contributed by atoms with van der Waals surface area (Å²) in [6.45, 7) is 17.7. The number of ether oxygens (including phenoxy) is 2. The second-order valence-electron chi connectivity index (χ2n) is 11.6. The smallest absolute Gasteiger partial charge is 0.122 e. The Labute approximate surface area is 240 Å². The van der Waals surface area contributed by atoms with Gasteiger partial charge in [-0.2, -0.15) is 0 Å². The Morgan fingerprint density at radius 2 is 0.850 bits per heavy atom. The van der Waals surface area contributed by atoms with Crippen LogP contribution in [0.15, 0.2) is 60.7 Å². The minimum Gasteiger partial charge on any atom is -0.496 e. The molecule has 0 atom stereocenters. The van der Waals surface area contributed by atoms with E-state index < -0.39 is 0 Å². The van der Waals surface area contributed by atoms with Gasteiger partial charge in [-0.1, -0.05) is 12.1 Å². The highest BCUT2D eigenvalue weighted by molar-refractivity contribution is 5.97. The van der Waals surface area contributed by atoms with Crippen LogP contribution < -0.4 is 19.3 Å². The molecule has 0 radical (unpaired) electrons. The first-order valence-corrected chi connectivity index (χ1v) is 14.2. The number of aryl methyl sites for hydroxylation is 4. The molecule has 0 amide bonds. The fourth-order valence-corrected chi connectivity index (χ4v) is 6.19. The number of hydrogen-bond donors (Lipinski definition) is 0. The molecule has 5 rings (SSSR count). The van der Waals surface area contributed by atoms with E-state index in [1.165, 1.54) is 56.1 Å². The lowest BCUT2D eigenvalue weighted by atomic mass is 9.93. The van der Waals surface area contributed by atoms with Crippen LogP contribution in [0.4, 0.5) is 22.7 Å². The van der Waals surface area contributed by atoms with E-state index in [-0.39, 0.29) is 12.1 Å². The summed E-state index contributed by atoms with van der Waals surface area (Å²) in [6.07, 6.45) is 0. The van der Waals surface area contributed by atoms with Gasteiger partial charge >= 0.3 is 0 Å². The zero-order valence-electron chi connectivity index (χ0n) is 25.6. The molecule has 0 spiro atoms. The quantitative estimate of drug-likeness (QED) is 0.246. The highest BCUT2D eigenvalue weighted by Gasteiger charge is 2.32. The molecule has 4 heteroatoms. The Kier molecular flexibility index (Phi) is 7.31. The summed E-state index contributed by atoms with van der Waals surface area (Å²) in [4.78, 5) is 4.99. The first kappa shape index (κ1) is 27.6. The van der Waals surface area contributed by atoms with Crippen LogP contribution in [0.3, 0.4) is 0 Å². The number of hydrogen-bond acceptors (Lipinski definition) is 4. The Balaban J connectivity index is 1.68. The molecule has 0 saturated heterocycles. The minimum atomic E-state index is 0.288. The summed E-state index contributed by atoms with van der Waals surface area (Å²) in [7, 11) is 3.47. The molecule has 0 saturated carbocycles. The highest BCUT2D eigenvalue weighted by Crippen LogP contribution is 2.52. The topological polar surface area (TPSA) is 24.9 Å². The molecule has 0 aromatic heterocycles. The third-order valence-electron chi connectivity index (χ3n) is 8.13. The van der Waals surface area contributed by atoms with Crippen LogP contribution in [0.1, 0.15) is 49.9 Å². The Morgan fingerprint density at radius 1 is 0.475 bits per heavy atom. The average Bonchev–Trinajstić information content (AvgIpc) is 2.92. The van der Waals surface area contributed by atoms with E-state index in [2.05, 4.69) is 126 Å². The van der Waals surface area contributed by atoms with Crippen molar-refractivity contribution in [2.45, 2.75) is 67.5 Å². The maximum atomic E-state index is 5.58. The van der Waals surface area contributed by atoms with Gasteiger partial charge in [0.15, 0.2) is 0 Å². The van der Waals surface area contributed by atoms with Crippen molar-refractivity contribution in [1.82, 2.24) is 0 Å². The van der Waals surface area contributed by atoms with Crippen molar-refractivity contribution in [3.63, 3.8) is 0 Å². The third kappa shape index (κ3) is 4.60. The molecule has 40 heavy (non-hydrogen) atoms. The molecule has 0 aliphatic carbocycles. The molecule has 4 aromatic rings. The fourth-order valence-electron chi connectivity index (χ4n) is 6.19. The van der Waals surface area contributed by atoms with E-state index in [1.807, 2.05) is 0 Å². The van der Waals surface area contributed by atoms with Crippen molar-refractivity contribution in [2.24, 2.45) is 0 Å². The summed E-state index contributed by atoms with van der Waals surface area (Å²) in [5.41, 5.74) is 14.6. The van der Waals surface area contributed by atoms with E-state index in [4.69, 9.17) is 9.47 Å². The molecule has 1 aliphatic rings. The largest absolute Gasteiger partial charge is 0.496 e. The summed E-state index contributed by atoms with van der Waals surface area (Å²) in [5.74, 6) is 1.86. The molecule has 208 valence electrons. The van der Waals surface area contributed by atoms with Gasteiger partial charge in [-0.25, -0.2) is 0 Å².